The van der Waals surface area contributed by atoms with Crippen molar-refractivity contribution in [3.63, 3.8) is 0 Å². The minimum absolute atomic E-state index is 0.0876. The molecular formula is C34H38N6O5. The van der Waals surface area contributed by atoms with Crippen LogP contribution < -0.4 is 10.6 Å². The first-order valence-electron chi connectivity index (χ1n) is 16.2. The third kappa shape index (κ3) is 6.77. The molecule has 3 aromatic rings. The van der Waals surface area contributed by atoms with Gasteiger partial charge in [-0.25, -0.2) is 0 Å². The smallest absolute Gasteiger partial charge is 0.248 e. The Bertz CT molecular complexity index is 1460. The molecule has 2 aliphatic heterocycles. The number of nitrogens with one attached hydrogen (secondary N) is 2. The molecule has 4 amide bonds. The van der Waals surface area contributed by atoms with Crippen LogP contribution in [0.3, 0.4) is 0 Å². The molecular weight excluding hydrogens is 572 g/mol. The van der Waals surface area contributed by atoms with E-state index in [0.29, 0.717) is 84.9 Å². The lowest BCUT2D eigenvalue weighted by atomic mass is 10.1. The highest BCUT2D eigenvalue weighted by Gasteiger charge is 2.37. The molecule has 2 aromatic carbocycles. The topological polar surface area (TPSA) is 138 Å². The van der Waals surface area contributed by atoms with Crippen LogP contribution in [0, 0.1) is 11.8 Å². The van der Waals surface area contributed by atoms with Crippen molar-refractivity contribution >= 4 is 35.0 Å². The minimum Gasteiger partial charge on any atom is -0.416 e. The van der Waals surface area contributed by atoms with Crippen LogP contribution in [-0.2, 0) is 19.2 Å². The minimum atomic E-state index is -0.423. The van der Waals surface area contributed by atoms with Gasteiger partial charge in [0.05, 0.1) is 0 Å². The number of aromatic nitrogens is 2. The number of benzene rings is 2. The van der Waals surface area contributed by atoms with Crippen molar-refractivity contribution in [1.29, 1.82) is 0 Å². The maximum Gasteiger partial charge on any atom is 0.248 e. The summed E-state index contributed by atoms with van der Waals surface area (Å²) in [6.07, 6.45) is 8.58. The second kappa shape index (κ2) is 12.5. The summed E-state index contributed by atoms with van der Waals surface area (Å²) in [5.41, 5.74) is 2.68. The molecule has 0 radical (unpaired) electrons. The first-order chi connectivity index (χ1) is 21.9. The van der Waals surface area contributed by atoms with Gasteiger partial charge in [0.15, 0.2) is 0 Å². The molecule has 3 heterocycles. The van der Waals surface area contributed by atoms with E-state index in [2.05, 4.69) is 20.8 Å². The van der Waals surface area contributed by atoms with Gasteiger partial charge in [-0.15, -0.1) is 10.2 Å². The van der Waals surface area contributed by atoms with Crippen LogP contribution in [0.2, 0.25) is 0 Å². The number of anilines is 2. The van der Waals surface area contributed by atoms with E-state index in [1.165, 1.54) is 0 Å². The van der Waals surface area contributed by atoms with Crippen molar-refractivity contribution in [1.82, 2.24) is 20.0 Å². The zero-order valence-electron chi connectivity index (χ0n) is 25.2. The highest BCUT2D eigenvalue weighted by atomic mass is 16.4. The molecule has 2 atom stereocenters. The molecule has 4 fully saturated rings. The van der Waals surface area contributed by atoms with Gasteiger partial charge in [-0.2, -0.15) is 0 Å². The number of rotatable bonds is 10. The van der Waals surface area contributed by atoms with Crippen molar-refractivity contribution < 1.29 is 23.6 Å². The van der Waals surface area contributed by atoms with E-state index in [1.807, 2.05) is 0 Å². The van der Waals surface area contributed by atoms with Gasteiger partial charge in [-0.05, 0) is 112 Å². The van der Waals surface area contributed by atoms with Gasteiger partial charge in [0, 0.05) is 48.4 Å². The standard InChI is InChI=1S/C34H38N6O5/c41-29(19-21-5-6-21)39-17-1-3-27(39)31(43)35-25-13-9-23(10-14-25)33-37-38-34(45-33)24-11-15-26(16-12-24)36-32(44)28-4-2-18-40(28)30(42)20-22-7-8-22/h9-16,21-22,27-28H,1-8,17-20H2,(H,35,43)(H,36,44). The van der Waals surface area contributed by atoms with Crippen LogP contribution >= 0.6 is 0 Å². The molecule has 11 heteroatoms. The average molecular weight is 611 g/mol. The Kier molecular flexibility index (Phi) is 8.08. The normalized spacial score (nSPS) is 21.2. The lowest BCUT2D eigenvalue weighted by molar-refractivity contribution is -0.137. The molecule has 1 aromatic heterocycles. The Morgan fingerprint density at radius 3 is 1.40 bits per heavy atom. The van der Waals surface area contributed by atoms with E-state index in [4.69, 9.17) is 4.42 Å². The van der Waals surface area contributed by atoms with Gasteiger partial charge in [0.1, 0.15) is 12.1 Å². The first kappa shape index (κ1) is 29.2. The molecule has 2 unspecified atom stereocenters. The predicted molar refractivity (Wildman–Crippen MR) is 167 cm³/mol. The lowest BCUT2D eigenvalue weighted by Crippen LogP contribution is -2.43. The number of likely N-dealkylation sites (tertiary alicyclic amines) is 2. The van der Waals surface area contributed by atoms with Crippen molar-refractivity contribution in [3.8, 4) is 22.9 Å². The van der Waals surface area contributed by atoms with Crippen LogP contribution in [0.5, 0.6) is 0 Å². The maximum atomic E-state index is 13.0. The molecule has 2 saturated heterocycles. The molecule has 234 valence electrons. The Labute approximate surface area is 261 Å². The van der Waals surface area contributed by atoms with E-state index < -0.39 is 12.1 Å². The van der Waals surface area contributed by atoms with Crippen molar-refractivity contribution in [2.75, 3.05) is 23.7 Å². The fourth-order valence-corrected chi connectivity index (χ4v) is 6.35. The summed E-state index contributed by atoms with van der Waals surface area (Å²) in [5, 5.41) is 14.3. The largest absolute Gasteiger partial charge is 0.416 e. The molecule has 2 N–H and O–H groups in total. The molecule has 7 rings (SSSR count). The fraction of sp³-hybridized carbons (Fsp3) is 0.471. The van der Waals surface area contributed by atoms with Crippen LogP contribution in [0.1, 0.15) is 64.2 Å². The fourth-order valence-electron chi connectivity index (χ4n) is 6.35. The van der Waals surface area contributed by atoms with Crippen LogP contribution in [0.4, 0.5) is 11.4 Å². The number of carbonyl (C=O) groups excluding carboxylic acids is 4. The van der Waals surface area contributed by atoms with Gasteiger partial charge in [0.2, 0.25) is 35.4 Å². The number of hydrogen-bond donors (Lipinski definition) is 2. The zero-order valence-corrected chi connectivity index (χ0v) is 25.2. The summed E-state index contributed by atoms with van der Waals surface area (Å²) >= 11 is 0. The van der Waals surface area contributed by atoms with E-state index >= 15 is 0 Å². The predicted octanol–water partition coefficient (Wildman–Crippen LogP) is 4.86. The van der Waals surface area contributed by atoms with Crippen molar-refractivity contribution in [2.45, 2.75) is 76.3 Å². The van der Waals surface area contributed by atoms with E-state index in [0.717, 1.165) is 38.5 Å². The first-order valence-corrected chi connectivity index (χ1v) is 16.2. The highest BCUT2D eigenvalue weighted by molar-refractivity contribution is 5.98. The summed E-state index contributed by atoms with van der Waals surface area (Å²) in [7, 11) is 0. The van der Waals surface area contributed by atoms with Gasteiger partial charge in [-0.1, -0.05) is 0 Å². The Morgan fingerprint density at radius 1 is 0.622 bits per heavy atom. The SMILES string of the molecule is O=C(Nc1ccc(-c2nnc(-c3ccc(NC(=O)C4CCCN4C(=O)CC4CC4)cc3)o2)cc1)C1CCCN1C(=O)CC1CC1. The summed E-state index contributed by atoms with van der Waals surface area (Å²) in [4.78, 5) is 54.7. The van der Waals surface area contributed by atoms with E-state index in [-0.39, 0.29) is 23.6 Å². The summed E-state index contributed by atoms with van der Waals surface area (Å²) < 4.78 is 5.93. The molecule has 0 spiro atoms. The third-order valence-corrected chi connectivity index (χ3v) is 9.30. The number of hydrogen-bond acceptors (Lipinski definition) is 7. The van der Waals surface area contributed by atoms with Gasteiger partial charge in [-0.3, -0.25) is 19.2 Å². The van der Waals surface area contributed by atoms with Gasteiger partial charge in [0.25, 0.3) is 0 Å². The molecule has 2 saturated carbocycles. The molecule has 11 nitrogen and oxygen atoms in total. The second-order valence-corrected chi connectivity index (χ2v) is 12.8. The number of amides is 4. The quantitative estimate of drug-likeness (QED) is 0.334. The Morgan fingerprint density at radius 2 is 1.02 bits per heavy atom. The molecule has 4 aliphatic rings. The molecule has 0 bridgehead atoms. The monoisotopic (exact) mass is 610 g/mol. The Hall–Kier alpha value is -4.54. The number of nitrogens with zero attached hydrogens (tertiary/aromatic N) is 4. The third-order valence-electron chi connectivity index (χ3n) is 9.30. The Balaban J connectivity index is 0.936. The van der Waals surface area contributed by atoms with Crippen molar-refractivity contribution in [2.24, 2.45) is 11.8 Å². The summed E-state index contributed by atoms with van der Waals surface area (Å²) in [5.74, 6) is 1.52. The number of carbonyl (C=O) groups is 4. The van der Waals surface area contributed by atoms with Gasteiger partial charge < -0.3 is 24.9 Å². The summed E-state index contributed by atoms with van der Waals surface area (Å²) in [6.45, 7) is 1.28. The van der Waals surface area contributed by atoms with E-state index in [1.54, 1.807) is 58.3 Å². The van der Waals surface area contributed by atoms with E-state index in [9.17, 15) is 19.2 Å². The maximum absolute atomic E-state index is 13.0. The molecule has 45 heavy (non-hydrogen) atoms. The van der Waals surface area contributed by atoms with Crippen LogP contribution in [0.25, 0.3) is 22.9 Å². The second-order valence-electron chi connectivity index (χ2n) is 12.8. The van der Waals surface area contributed by atoms with Crippen LogP contribution in [-0.4, -0.2) is 68.8 Å². The average Bonchev–Trinajstić information content (AvgIpc) is 3.82. The van der Waals surface area contributed by atoms with Gasteiger partial charge >= 0.3 is 0 Å². The summed E-state index contributed by atoms with van der Waals surface area (Å²) in [6, 6.07) is 13.5. The lowest BCUT2D eigenvalue weighted by Gasteiger charge is -2.24. The highest BCUT2D eigenvalue weighted by Crippen LogP contribution is 2.35. The molecule has 2 aliphatic carbocycles. The van der Waals surface area contributed by atoms with Crippen LogP contribution in [0.15, 0.2) is 52.9 Å². The van der Waals surface area contributed by atoms with Crippen molar-refractivity contribution in [3.05, 3.63) is 48.5 Å². The zero-order chi connectivity index (χ0) is 30.9.